The molecule has 0 spiro atoms. The predicted molar refractivity (Wildman–Crippen MR) is 73.6 cm³/mol. The van der Waals surface area contributed by atoms with Crippen molar-refractivity contribution in [3.05, 3.63) is 34.9 Å². The highest BCUT2D eigenvalue weighted by atomic mass is 16.3. The molecule has 0 radical (unpaired) electrons. The molecule has 18 heavy (non-hydrogen) atoms. The lowest BCUT2D eigenvalue weighted by atomic mass is 9.80. The summed E-state index contributed by atoms with van der Waals surface area (Å²) in [7, 11) is 0. The summed E-state index contributed by atoms with van der Waals surface area (Å²) in [6, 6.07) is 6.81. The standard InChI is InChI=1S/C16H23NO/c1-12-6-7-13(2)14(11-12)16(18)8-10-17-9-4-3-5-15(16)17/h6-7,11,15,18H,3-5,8-10H2,1-2H3. The maximum atomic E-state index is 11.2. The normalized spacial score (nSPS) is 32.5. The summed E-state index contributed by atoms with van der Waals surface area (Å²) in [6.07, 6.45) is 4.58. The highest BCUT2D eigenvalue weighted by Crippen LogP contribution is 2.43. The van der Waals surface area contributed by atoms with Crippen LogP contribution in [0.5, 0.6) is 0 Å². The number of hydrogen-bond donors (Lipinski definition) is 1. The lowest BCUT2D eigenvalue weighted by Crippen LogP contribution is -2.45. The number of hydrogen-bond acceptors (Lipinski definition) is 2. The Morgan fingerprint density at radius 3 is 2.89 bits per heavy atom. The number of aliphatic hydroxyl groups is 1. The second-order valence-corrected chi connectivity index (χ2v) is 6.04. The molecular formula is C16H23NO. The van der Waals surface area contributed by atoms with Gasteiger partial charge < -0.3 is 5.11 Å². The van der Waals surface area contributed by atoms with E-state index in [4.69, 9.17) is 0 Å². The van der Waals surface area contributed by atoms with Crippen LogP contribution < -0.4 is 0 Å². The first-order valence-corrected chi connectivity index (χ1v) is 7.15. The van der Waals surface area contributed by atoms with Crippen LogP contribution in [0.1, 0.15) is 42.4 Å². The van der Waals surface area contributed by atoms with Gasteiger partial charge in [0.15, 0.2) is 0 Å². The summed E-state index contributed by atoms with van der Waals surface area (Å²) in [6.45, 7) is 6.45. The number of nitrogens with zero attached hydrogens (tertiary/aromatic N) is 1. The van der Waals surface area contributed by atoms with Gasteiger partial charge in [0, 0.05) is 12.6 Å². The molecule has 1 aromatic carbocycles. The van der Waals surface area contributed by atoms with E-state index in [0.717, 1.165) is 31.5 Å². The fourth-order valence-corrected chi connectivity index (χ4v) is 3.80. The van der Waals surface area contributed by atoms with Crippen LogP contribution in [0.2, 0.25) is 0 Å². The minimum absolute atomic E-state index is 0.340. The Labute approximate surface area is 110 Å². The molecule has 2 aliphatic rings. The minimum Gasteiger partial charge on any atom is -0.383 e. The highest BCUT2D eigenvalue weighted by molar-refractivity contribution is 5.37. The zero-order chi connectivity index (χ0) is 12.8. The smallest absolute Gasteiger partial charge is 0.107 e. The van der Waals surface area contributed by atoms with Crippen LogP contribution in [0.4, 0.5) is 0 Å². The Morgan fingerprint density at radius 2 is 2.06 bits per heavy atom. The van der Waals surface area contributed by atoms with Gasteiger partial charge in [0.05, 0.1) is 0 Å². The number of rotatable bonds is 1. The molecule has 0 aromatic heterocycles. The largest absolute Gasteiger partial charge is 0.383 e. The van der Waals surface area contributed by atoms with E-state index in [1.807, 2.05) is 0 Å². The van der Waals surface area contributed by atoms with Crippen molar-refractivity contribution in [1.29, 1.82) is 0 Å². The Morgan fingerprint density at radius 1 is 1.22 bits per heavy atom. The fraction of sp³-hybridized carbons (Fsp3) is 0.625. The van der Waals surface area contributed by atoms with Crippen LogP contribution in [0.15, 0.2) is 18.2 Å². The average Bonchev–Trinajstić information content (AvgIpc) is 2.72. The number of piperidine rings is 1. The van der Waals surface area contributed by atoms with Gasteiger partial charge >= 0.3 is 0 Å². The molecular weight excluding hydrogens is 222 g/mol. The SMILES string of the molecule is Cc1ccc(C)c(C2(O)CCN3CCCCC32)c1. The van der Waals surface area contributed by atoms with Gasteiger partial charge in [0.25, 0.3) is 0 Å². The summed E-state index contributed by atoms with van der Waals surface area (Å²) in [4.78, 5) is 2.49. The van der Waals surface area contributed by atoms with Gasteiger partial charge in [-0.25, -0.2) is 0 Å². The molecule has 1 aromatic rings. The first-order chi connectivity index (χ1) is 8.61. The zero-order valence-corrected chi connectivity index (χ0v) is 11.4. The third-order valence-electron chi connectivity index (χ3n) is 4.80. The second kappa shape index (κ2) is 4.36. The third kappa shape index (κ3) is 1.79. The highest BCUT2D eigenvalue weighted by Gasteiger charge is 2.48. The van der Waals surface area contributed by atoms with Crippen LogP contribution in [-0.4, -0.2) is 29.1 Å². The van der Waals surface area contributed by atoms with Gasteiger partial charge in [0.1, 0.15) is 5.60 Å². The van der Waals surface area contributed by atoms with E-state index >= 15 is 0 Å². The second-order valence-electron chi connectivity index (χ2n) is 6.04. The monoisotopic (exact) mass is 245 g/mol. The van der Waals surface area contributed by atoms with Gasteiger partial charge in [-0.05, 0) is 50.8 Å². The van der Waals surface area contributed by atoms with Crippen molar-refractivity contribution in [1.82, 2.24) is 4.90 Å². The molecule has 2 unspecified atom stereocenters. The van der Waals surface area contributed by atoms with Gasteiger partial charge in [-0.2, -0.15) is 0 Å². The Kier molecular flexibility index (Phi) is 2.95. The number of fused-ring (bicyclic) bond motifs is 1. The Bertz CT molecular complexity index is 456. The zero-order valence-electron chi connectivity index (χ0n) is 11.4. The summed E-state index contributed by atoms with van der Waals surface area (Å²) >= 11 is 0. The molecule has 0 saturated carbocycles. The van der Waals surface area contributed by atoms with Crippen LogP contribution in [0, 0.1) is 13.8 Å². The van der Waals surface area contributed by atoms with E-state index in [1.165, 1.54) is 24.0 Å². The Balaban J connectivity index is 2.01. The van der Waals surface area contributed by atoms with Crippen molar-refractivity contribution in [2.75, 3.05) is 13.1 Å². The first-order valence-electron chi connectivity index (χ1n) is 7.15. The molecule has 2 heteroatoms. The van der Waals surface area contributed by atoms with E-state index in [-0.39, 0.29) is 0 Å². The summed E-state index contributed by atoms with van der Waals surface area (Å²) in [5, 5.41) is 11.2. The summed E-state index contributed by atoms with van der Waals surface area (Å²) in [5.74, 6) is 0. The number of aryl methyl sites for hydroxylation is 2. The van der Waals surface area contributed by atoms with Crippen LogP contribution >= 0.6 is 0 Å². The molecule has 2 nitrogen and oxygen atoms in total. The molecule has 2 heterocycles. The maximum Gasteiger partial charge on any atom is 0.107 e. The van der Waals surface area contributed by atoms with E-state index in [9.17, 15) is 5.11 Å². The van der Waals surface area contributed by atoms with Crippen molar-refractivity contribution >= 4 is 0 Å². The molecule has 98 valence electrons. The molecule has 1 N–H and O–H groups in total. The van der Waals surface area contributed by atoms with Crippen molar-refractivity contribution < 1.29 is 5.11 Å². The molecule has 2 aliphatic heterocycles. The number of benzene rings is 1. The summed E-state index contributed by atoms with van der Waals surface area (Å²) < 4.78 is 0. The van der Waals surface area contributed by atoms with Gasteiger partial charge in [-0.1, -0.05) is 30.2 Å². The first kappa shape index (κ1) is 12.2. The molecule has 0 amide bonds. The van der Waals surface area contributed by atoms with E-state index < -0.39 is 5.60 Å². The van der Waals surface area contributed by atoms with Crippen molar-refractivity contribution in [3.63, 3.8) is 0 Å². The van der Waals surface area contributed by atoms with Crippen molar-refractivity contribution in [2.45, 2.75) is 51.2 Å². The molecule has 0 bridgehead atoms. The average molecular weight is 245 g/mol. The van der Waals surface area contributed by atoms with Crippen molar-refractivity contribution in [2.24, 2.45) is 0 Å². The third-order valence-corrected chi connectivity index (χ3v) is 4.80. The van der Waals surface area contributed by atoms with Gasteiger partial charge in [-0.15, -0.1) is 0 Å². The van der Waals surface area contributed by atoms with Crippen LogP contribution in [0.3, 0.4) is 0 Å². The molecule has 3 rings (SSSR count). The molecule has 2 atom stereocenters. The molecule has 2 saturated heterocycles. The van der Waals surface area contributed by atoms with Gasteiger partial charge in [-0.3, -0.25) is 4.90 Å². The van der Waals surface area contributed by atoms with Gasteiger partial charge in [0.2, 0.25) is 0 Å². The summed E-state index contributed by atoms with van der Waals surface area (Å²) in [5.41, 5.74) is 3.03. The van der Waals surface area contributed by atoms with E-state index in [0.29, 0.717) is 6.04 Å². The quantitative estimate of drug-likeness (QED) is 0.822. The van der Waals surface area contributed by atoms with E-state index in [2.05, 4.69) is 36.9 Å². The Hall–Kier alpha value is -0.860. The molecule has 2 fully saturated rings. The molecule has 0 aliphatic carbocycles. The minimum atomic E-state index is -0.615. The van der Waals surface area contributed by atoms with Crippen LogP contribution in [0.25, 0.3) is 0 Å². The lowest BCUT2D eigenvalue weighted by Gasteiger charge is -2.38. The lowest BCUT2D eigenvalue weighted by molar-refractivity contribution is -0.0143. The van der Waals surface area contributed by atoms with E-state index in [1.54, 1.807) is 0 Å². The van der Waals surface area contributed by atoms with Crippen molar-refractivity contribution in [3.8, 4) is 0 Å². The predicted octanol–water partition coefficient (Wildman–Crippen LogP) is 2.75. The fourth-order valence-electron chi connectivity index (χ4n) is 3.80. The maximum absolute atomic E-state index is 11.2. The topological polar surface area (TPSA) is 23.5 Å². The van der Waals surface area contributed by atoms with Crippen LogP contribution in [-0.2, 0) is 5.60 Å².